The molecule has 2 heterocycles. The van der Waals surface area contributed by atoms with Crippen LogP contribution in [0.25, 0.3) is 10.9 Å². The highest BCUT2D eigenvalue weighted by molar-refractivity contribution is 7.85. The molecule has 0 radical (unpaired) electrons. The topological polar surface area (TPSA) is 127 Å². The van der Waals surface area contributed by atoms with Crippen molar-refractivity contribution in [2.75, 3.05) is 45.6 Å². The molecule has 1 aliphatic heterocycles. The van der Waals surface area contributed by atoms with E-state index in [1.807, 2.05) is 0 Å². The first-order valence-corrected chi connectivity index (χ1v) is 11.8. The van der Waals surface area contributed by atoms with E-state index in [4.69, 9.17) is 18.4 Å². The Kier molecular flexibility index (Phi) is 5.85. The number of ether oxygens (including phenoxy) is 3. The number of nitrogens with zero attached hydrogens (tertiary/aromatic N) is 1. The third-order valence-corrected chi connectivity index (χ3v) is 6.11. The molecule has 0 fully saturated rings. The van der Waals surface area contributed by atoms with E-state index in [0.717, 1.165) is 6.26 Å². The SMILES string of the molecule is COc1cc2cc(C(=O)N3CC(COS(C)(=O)=O)c4c(O)cccc43)[nH]c2c(OC)c1OC. The molecule has 1 aliphatic rings. The predicted molar refractivity (Wildman–Crippen MR) is 121 cm³/mol. The van der Waals surface area contributed by atoms with Gasteiger partial charge in [-0.25, -0.2) is 0 Å². The lowest BCUT2D eigenvalue weighted by atomic mass is 10.0. The Balaban J connectivity index is 1.74. The lowest BCUT2D eigenvalue weighted by molar-refractivity contribution is 0.0983. The number of fused-ring (bicyclic) bond motifs is 2. The number of carbonyl (C=O) groups excluding carboxylic acids is 1. The van der Waals surface area contributed by atoms with Crippen molar-refractivity contribution in [1.82, 2.24) is 4.98 Å². The number of benzene rings is 2. The van der Waals surface area contributed by atoms with Gasteiger partial charge in [-0.1, -0.05) is 6.07 Å². The van der Waals surface area contributed by atoms with Crippen molar-refractivity contribution >= 4 is 32.6 Å². The summed E-state index contributed by atoms with van der Waals surface area (Å²) in [6.45, 7) is -0.0531. The second-order valence-corrected chi connectivity index (χ2v) is 9.25. The summed E-state index contributed by atoms with van der Waals surface area (Å²) in [7, 11) is 0.809. The monoisotopic (exact) mass is 476 g/mol. The fourth-order valence-electron chi connectivity index (χ4n) is 4.14. The number of carbonyl (C=O) groups is 1. The number of aromatic hydroxyl groups is 1. The normalized spacial score (nSPS) is 15.5. The molecule has 3 aromatic rings. The molecule has 0 aliphatic carbocycles. The van der Waals surface area contributed by atoms with Gasteiger partial charge in [0.05, 0.1) is 45.4 Å². The molecule has 2 N–H and O–H groups in total. The van der Waals surface area contributed by atoms with Gasteiger partial charge in [0, 0.05) is 23.4 Å². The highest BCUT2D eigenvalue weighted by atomic mass is 32.2. The molecule has 0 saturated heterocycles. The predicted octanol–water partition coefficient (Wildman–Crippen LogP) is 2.62. The van der Waals surface area contributed by atoms with Crippen LogP contribution in [0.2, 0.25) is 0 Å². The van der Waals surface area contributed by atoms with Crippen molar-refractivity contribution < 1.29 is 36.7 Å². The van der Waals surface area contributed by atoms with Crippen LogP contribution in [-0.2, 0) is 14.3 Å². The largest absolute Gasteiger partial charge is 0.508 e. The summed E-state index contributed by atoms with van der Waals surface area (Å²) in [6, 6.07) is 8.22. The fourth-order valence-corrected chi connectivity index (χ4v) is 4.56. The maximum atomic E-state index is 13.5. The number of methoxy groups -OCH3 is 3. The molecule has 2 aromatic carbocycles. The summed E-state index contributed by atoms with van der Waals surface area (Å²) >= 11 is 0. The second kappa shape index (κ2) is 8.49. The molecule has 4 rings (SSSR count). The highest BCUT2D eigenvalue weighted by Gasteiger charge is 2.36. The zero-order chi connectivity index (χ0) is 23.9. The van der Waals surface area contributed by atoms with Crippen LogP contribution in [-0.4, -0.2) is 65.2 Å². The van der Waals surface area contributed by atoms with Crippen LogP contribution >= 0.6 is 0 Å². The maximum absolute atomic E-state index is 13.5. The number of aromatic amines is 1. The molecule has 10 nitrogen and oxygen atoms in total. The summed E-state index contributed by atoms with van der Waals surface area (Å²) in [4.78, 5) is 18.1. The Morgan fingerprint density at radius 3 is 2.52 bits per heavy atom. The molecule has 176 valence electrons. The Hall–Kier alpha value is -3.44. The number of amides is 1. The minimum absolute atomic E-state index is 0.0299. The smallest absolute Gasteiger partial charge is 0.274 e. The van der Waals surface area contributed by atoms with Gasteiger partial charge in [0.1, 0.15) is 11.4 Å². The number of hydrogen-bond acceptors (Lipinski definition) is 8. The third kappa shape index (κ3) is 4.05. The summed E-state index contributed by atoms with van der Waals surface area (Å²) in [5.74, 6) is 0.332. The highest BCUT2D eigenvalue weighted by Crippen LogP contribution is 2.45. The van der Waals surface area contributed by atoms with E-state index in [0.29, 0.717) is 39.4 Å². The van der Waals surface area contributed by atoms with E-state index in [1.165, 1.54) is 32.3 Å². The first kappa shape index (κ1) is 22.7. The Labute approximate surface area is 190 Å². The Morgan fingerprint density at radius 2 is 1.88 bits per heavy atom. The number of phenolic OH excluding ortho intramolecular Hbond substituents is 1. The molecular weight excluding hydrogens is 452 g/mol. The average Bonchev–Trinajstić information content (AvgIpc) is 3.37. The lowest BCUT2D eigenvalue weighted by Gasteiger charge is -2.17. The van der Waals surface area contributed by atoms with Crippen molar-refractivity contribution in [3.8, 4) is 23.0 Å². The summed E-state index contributed by atoms with van der Waals surface area (Å²) in [6.07, 6.45) is 0.955. The van der Waals surface area contributed by atoms with Gasteiger partial charge < -0.3 is 29.2 Å². The van der Waals surface area contributed by atoms with Crippen LogP contribution in [0, 0.1) is 0 Å². The van der Waals surface area contributed by atoms with Gasteiger partial charge in [0.15, 0.2) is 11.5 Å². The first-order chi connectivity index (χ1) is 15.7. The number of hydrogen-bond donors (Lipinski definition) is 2. The van der Waals surface area contributed by atoms with Gasteiger partial charge in [0.25, 0.3) is 16.0 Å². The van der Waals surface area contributed by atoms with E-state index < -0.39 is 16.0 Å². The minimum atomic E-state index is -3.68. The maximum Gasteiger partial charge on any atom is 0.274 e. The van der Waals surface area contributed by atoms with Gasteiger partial charge in [-0.3, -0.25) is 8.98 Å². The van der Waals surface area contributed by atoms with Crippen molar-refractivity contribution in [3.05, 3.63) is 41.6 Å². The Bertz CT molecular complexity index is 1330. The number of H-pyrrole nitrogens is 1. The molecule has 33 heavy (non-hydrogen) atoms. The Morgan fingerprint density at radius 1 is 1.15 bits per heavy atom. The molecule has 0 saturated carbocycles. The van der Waals surface area contributed by atoms with E-state index in [9.17, 15) is 18.3 Å². The molecule has 11 heteroatoms. The molecule has 1 unspecified atom stereocenters. The van der Waals surface area contributed by atoms with Crippen LogP contribution in [0.15, 0.2) is 30.3 Å². The van der Waals surface area contributed by atoms with Crippen molar-refractivity contribution in [2.24, 2.45) is 0 Å². The van der Waals surface area contributed by atoms with Crippen LogP contribution in [0.5, 0.6) is 23.0 Å². The fraction of sp³-hybridized carbons (Fsp3) is 0.318. The standard InChI is InChI=1S/C22H24N2O8S/c1-29-17-9-12-8-14(23-19(12)21(31-3)20(17)30-2)22(26)24-10-13(11-32-33(4,27)28)18-15(24)6-5-7-16(18)25/h5-9,13,23,25H,10-11H2,1-4H3. The van der Waals surface area contributed by atoms with Gasteiger partial charge in [0.2, 0.25) is 5.75 Å². The molecule has 1 atom stereocenters. The molecule has 1 aromatic heterocycles. The van der Waals surface area contributed by atoms with Gasteiger partial charge >= 0.3 is 0 Å². The molecule has 0 spiro atoms. The van der Waals surface area contributed by atoms with Crippen LogP contribution in [0.1, 0.15) is 22.0 Å². The average molecular weight is 477 g/mol. The van der Waals surface area contributed by atoms with Crippen LogP contribution in [0.4, 0.5) is 5.69 Å². The van der Waals surface area contributed by atoms with Crippen LogP contribution in [0.3, 0.4) is 0 Å². The van der Waals surface area contributed by atoms with E-state index in [-0.39, 0.29) is 30.5 Å². The molecule has 1 amide bonds. The number of rotatable bonds is 7. The number of nitrogens with one attached hydrogen (secondary N) is 1. The summed E-state index contributed by atoms with van der Waals surface area (Å²) < 4.78 is 44.2. The van der Waals surface area contributed by atoms with E-state index in [2.05, 4.69) is 4.98 Å². The second-order valence-electron chi connectivity index (χ2n) is 7.60. The number of anilines is 1. The summed E-state index contributed by atoms with van der Waals surface area (Å²) in [5, 5.41) is 11.1. The quantitative estimate of drug-likeness (QED) is 0.498. The molecule has 0 bridgehead atoms. The lowest BCUT2D eigenvalue weighted by Crippen LogP contribution is -2.31. The zero-order valence-electron chi connectivity index (χ0n) is 18.5. The van der Waals surface area contributed by atoms with Crippen molar-refractivity contribution in [1.29, 1.82) is 0 Å². The van der Waals surface area contributed by atoms with Crippen molar-refractivity contribution in [2.45, 2.75) is 5.92 Å². The zero-order valence-corrected chi connectivity index (χ0v) is 19.4. The van der Waals surface area contributed by atoms with Crippen LogP contribution < -0.4 is 19.1 Å². The number of phenols is 1. The van der Waals surface area contributed by atoms with Gasteiger partial charge in [-0.15, -0.1) is 0 Å². The molecular formula is C22H24N2O8S. The van der Waals surface area contributed by atoms with Gasteiger partial charge in [-0.05, 0) is 24.3 Å². The summed E-state index contributed by atoms with van der Waals surface area (Å²) in [5.41, 5.74) is 1.79. The first-order valence-electron chi connectivity index (χ1n) is 9.98. The van der Waals surface area contributed by atoms with E-state index in [1.54, 1.807) is 24.3 Å². The van der Waals surface area contributed by atoms with E-state index >= 15 is 0 Å². The van der Waals surface area contributed by atoms with Gasteiger partial charge in [-0.2, -0.15) is 8.42 Å². The number of aromatic nitrogens is 1. The van der Waals surface area contributed by atoms with Crippen molar-refractivity contribution in [3.63, 3.8) is 0 Å². The minimum Gasteiger partial charge on any atom is -0.508 e. The third-order valence-electron chi connectivity index (χ3n) is 5.54.